The summed E-state index contributed by atoms with van der Waals surface area (Å²) in [5, 5.41) is 20.0. The van der Waals surface area contributed by atoms with Gasteiger partial charge in [0, 0.05) is 10.8 Å². The second-order valence-corrected chi connectivity index (χ2v) is 3.28. The first-order chi connectivity index (χ1) is 6.74. The van der Waals surface area contributed by atoms with Gasteiger partial charge < -0.3 is 5.11 Å². The average Bonchev–Trinajstić information content (AvgIpc) is 2.23. The van der Waals surface area contributed by atoms with E-state index in [4.69, 9.17) is 17.0 Å². The van der Waals surface area contributed by atoms with Crippen molar-refractivity contribution < 1.29 is 5.11 Å². The maximum atomic E-state index is 9.66. The SMILES string of the molecule is N#[N+]c1cc(Cl)c2ccccc2c1O. The average molecular weight is 206 g/mol. The smallest absolute Gasteiger partial charge is 0.428 e. The van der Waals surface area contributed by atoms with E-state index in [1.165, 1.54) is 6.07 Å². The molecule has 0 aliphatic carbocycles. The molecule has 0 saturated heterocycles. The fourth-order valence-electron chi connectivity index (χ4n) is 1.38. The fraction of sp³-hybridized carbons (Fsp3) is 0. The summed E-state index contributed by atoms with van der Waals surface area (Å²) in [5.74, 6) is -0.0625. The Bertz CT molecular complexity index is 546. The lowest BCUT2D eigenvalue weighted by atomic mass is 10.1. The molecule has 0 fully saturated rings. The van der Waals surface area contributed by atoms with Crippen LogP contribution in [0.25, 0.3) is 15.7 Å². The molecule has 2 aromatic rings. The minimum absolute atomic E-state index is 0.0625. The Morgan fingerprint density at radius 2 is 1.86 bits per heavy atom. The highest BCUT2D eigenvalue weighted by Gasteiger charge is 2.18. The number of diazo groups is 1. The van der Waals surface area contributed by atoms with Crippen molar-refractivity contribution in [2.45, 2.75) is 0 Å². The highest BCUT2D eigenvalue weighted by atomic mass is 35.5. The molecule has 1 N–H and O–H groups in total. The number of nitrogens with zero attached hydrogens (tertiary/aromatic N) is 2. The molecule has 0 aliphatic heterocycles. The van der Waals surface area contributed by atoms with Crippen LogP contribution >= 0.6 is 11.6 Å². The zero-order chi connectivity index (χ0) is 10.1. The number of phenols is 1. The van der Waals surface area contributed by atoms with Crippen molar-refractivity contribution in [1.29, 1.82) is 5.39 Å². The van der Waals surface area contributed by atoms with E-state index in [0.717, 1.165) is 5.39 Å². The molecule has 2 rings (SSSR count). The molecular weight excluding hydrogens is 200 g/mol. The first-order valence-electron chi connectivity index (χ1n) is 3.99. The number of fused-ring (bicyclic) bond motifs is 1. The van der Waals surface area contributed by atoms with Gasteiger partial charge in [0.25, 0.3) is 0 Å². The Kier molecular flexibility index (Phi) is 1.99. The van der Waals surface area contributed by atoms with Crippen LogP contribution < -0.4 is 0 Å². The van der Waals surface area contributed by atoms with Gasteiger partial charge in [-0.2, -0.15) is 0 Å². The summed E-state index contributed by atoms with van der Waals surface area (Å²) >= 11 is 5.93. The number of hydrogen-bond acceptors (Lipinski definition) is 2. The van der Waals surface area contributed by atoms with Crippen molar-refractivity contribution in [2.75, 3.05) is 0 Å². The van der Waals surface area contributed by atoms with E-state index >= 15 is 0 Å². The molecule has 14 heavy (non-hydrogen) atoms. The highest BCUT2D eigenvalue weighted by Crippen LogP contribution is 2.38. The zero-order valence-electron chi connectivity index (χ0n) is 7.11. The van der Waals surface area contributed by atoms with Crippen molar-refractivity contribution in [2.24, 2.45) is 0 Å². The summed E-state index contributed by atoms with van der Waals surface area (Å²) in [7, 11) is 0. The molecule has 0 unspecified atom stereocenters. The summed E-state index contributed by atoms with van der Waals surface area (Å²) in [6.45, 7) is 0. The fourth-order valence-corrected chi connectivity index (χ4v) is 1.65. The van der Waals surface area contributed by atoms with E-state index < -0.39 is 0 Å². The van der Waals surface area contributed by atoms with Gasteiger partial charge in [0.15, 0.2) is 4.98 Å². The van der Waals surface area contributed by atoms with Gasteiger partial charge in [-0.15, -0.1) is 0 Å². The van der Waals surface area contributed by atoms with Crippen LogP contribution in [-0.2, 0) is 0 Å². The van der Waals surface area contributed by atoms with Gasteiger partial charge in [-0.05, 0) is 0 Å². The summed E-state index contributed by atoms with van der Waals surface area (Å²) in [6.07, 6.45) is 0. The van der Waals surface area contributed by atoms with Crippen molar-refractivity contribution >= 4 is 28.1 Å². The first kappa shape index (κ1) is 8.79. The third-order valence-corrected chi connectivity index (χ3v) is 2.37. The topological polar surface area (TPSA) is 48.4 Å². The van der Waals surface area contributed by atoms with E-state index in [1.54, 1.807) is 18.2 Å². The summed E-state index contributed by atoms with van der Waals surface area (Å²) < 4.78 is 0. The third kappa shape index (κ3) is 1.17. The quantitative estimate of drug-likeness (QED) is 0.667. The first-order valence-corrected chi connectivity index (χ1v) is 4.37. The van der Waals surface area contributed by atoms with Crippen LogP contribution in [-0.4, -0.2) is 5.11 Å². The lowest BCUT2D eigenvalue weighted by Crippen LogP contribution is -1.75. The van der Waals surface area contributed by atoms with Crippen molar-refractivity contribution in [3.8, 4) is 5.75 Å². The van der Waals surface area contributed by atoms with Crippen LogP contribution in [0.5, 0.6) is 5.75 Å². The number of halogens is 1. The molecule has 2 aromatic carbocycles. The molecule has 0 radical (unpaired) electrons. The van der Waals surface area contributed by atoms with Crippen LogP contribution in [0, 0.1) is 5.39 Å². The second-order valence-electron chi connectivity index (χ2n) is 2.87. The monoisotopic (exact) mass is 205 g/mol. The van der Waals surface area contributed by atoms with Crippen LogP contribution in [0.15, 0.2) is 30.3 Å². The normalized spacial score (nSPS) is 10.0. The minimum Gasteiger partial charge on any atom is -0.501 e. The van der Waals surface area contributed by atoms with Crippen molar-refractivity contribution in [3.63, 3.8) is 0 Å². The van der Waals surface area contributed by atoms with E-state index in [1.807, 2.05) is 6.07 Å². The van der Waals surface area contributed by atoms with E-state index in [9.17, 15) is 5.11 Å². The molecule has 0 atom stereocenters. The predicted octanol–water partition coefficient (Wildman–Crippen LogP) is 3.68. The second kappa shape index (κ2) is 3.17. The molecule has 0 aliphatic rings. The van der Waals surface area contributed by atoms with Crippen LogP contribution in [0.4, 0.5) is 5.69 Å². The molecule has 0 amide bonds. The Balaban J connectivity index is 2.96. The third-order valence-electron chi connectivity index (χ3n) is 2.05. The van der Waals surface area contributed by atoms with Crippen LogP contribution in [0.1, 0.15) is 0 Å². The molecule has 0 bridgehead atoms. The van der Waals surface area contributed by atoms with Gasteiger partial charge in [-0.25, -0.2) is 0 Å². The van der Waals surface area contributed by atoms with Crippen molar-refractivity contribution in [1.82, 2.24) is 0 Å². The minimum atomic E-state index is -0.0625. The summed E-state index contributed by atoms with van der Waals surface area (Å²) in [5.41, 5.74) is 0.0775. The lowest BCUT2D eigenvalue weighted by molar-refractivity contribution is 0.484. The van der Waals surface area contributed by atoms with Gasteiger partial charge >= 0.3 is 5.69 Å². The maximum absolute atomic E-state index is 9.66. The number of aromatic hydroxyl groups is 1. The Morgan fingerprint density at radius 1 is 1.21 bits per heavy atom. The number of phenolic OH excluding ortho intramolecular Hbond substituents is 1. The molecule has 0 spiro atoms. The Hall–Kier alpha value is -1.79. The number of rotatable bonds is 0. The predicted molar refractivity (Wildman–Crippen MR) is 55.4 cm³/mol. The highest BCUT2D eigenvalue weighted by molar-refractivity contribution is 6.36. The van der Waals surface area contributed by atoms with Crippen LogP contribution in [0.2, 0.25) is 5.02 Å². The Labute approximate surface area is 85.2 Å². The number of hydrogen-bond donors (Lipinski definition) is 1. The molecule has 4 heteroatoms. The van der Waals surface area contributed by atoms with Gasteiger partial charge in [0.05, 0.1) is 11.1 Å². The van der Waals surface area contributed by atoms with E-state index in [-0.39, 0.29) is 11.4 Å². The van der Waals surface area contributed by atoms with Gasteiger partial charge in [-0.3, -0.25) is 0 Å². The Morgan fingerprint density at radius 3 is 2.50 bits per heavy atom. The summed E-state index contributed by atoms with van der Waals surface area (Å²) in [6, 6.07) is 8.52. The van der Waals surface area contributed by atoms with Gasteiger partial charge in [0.2, 0.25) is 11.1 Å². The van der Waals surface area contributed by atoms with E-state index in [2.05, 4.69) is 4.98 Å². The molecule has 68 valence electrons. The molecule has 3 nitrogen and oxygen atoms in total. The number of benzene rings is 2. The molecule has 0 saturated carbocycles. The standard InChI is InChI=1S/C10H5ClN2O/c11-8-5-9(13-12)10(14)7-4-2-1-3-6(7)8/h1-5H/p+1. The summed E-state index contributed by atoms with van der Waals surface area (Å²) in [4.78, 5) is 2.95. The van der Waals surface area contributed by atoms with Gasteiger partial charge in [0.1, 0.15) is 0 Å². The molecule has 0 heterocycles. The van der Waals surface area contributed by atoms with Crippen LogP contribution in [0.3, 0.4) is 0 Å². The van der Waals surface area contributed by atoms with Gasteiger partial charge in [-0.1, -0.05) is 35.9 Å². The molecular formula is C10H6ClN2O+. The largest absolute Gasteiger partial charge is 0.501 e. The zero-order valence-corrected chi connectivity index (χ0v) is 7.86. The van der Waals surface area contributed by atoms with Crippen molar-refractivity contribution in [3.05, 3.63) is 40.3 Å². The maximum Gasteiger partial charge on any atom is 0.428 e. The molecule has 0 aromatic heterocycles. The van der Waals surface area contributed by atoms with E-state index in [0.29, 0.717) is 10.4 Å². The lowest BCUT2D eigenvalue weighted by Gasteiger charge is -1.99.